The number of rotatable bonds is 17. The molecular weight excluding hydrogens is 362 g/mol. The fraction of sp³-hybridized carbons (Fsp3) is 0.857. The third-order valence-corrected chi connectivity index (χ3v) is 4.06. The van der Waals surface area contributed by atoms with Crippen LogP contribution in [0.25, 0.3) is 0 Å². The lowest BCUT2D eigenvalue weighted by molar-refractivity contribution is -0.145. The van der Waals surface area contributed by atoms with Crippen molar-refractivity contribution >= 4 is 17.7 Å². The molecule has 7 heteroatoms. The van der Waals surface area contributed by atoms with Gasteiger partial charge >= 0.3 is 11.9 Å². The molecule has 0 fully saturated rings. The minimum Gasteiger partial charge on any atom is -0.463 e. The zero-order valence-electron chi connectivity index (χ0n) is 18.4. The molecule has 0 atom stereocenters. The Labute approximate surface area is 170 Å². The Bertz CT molecular complexity index is 462. The van der Waals surface area contributed by atoms with E-state index in [0.717, 1.165) is 25.0 Å². The minimum absolute atomic E-state index is 0.0783. The zero-order valence-corrected chi connectivity index (χ0v) is 18.4. The first-order valence-corrected chi connectivity index (χ1v) is 10.3. The Balaban J connectivity index is 3.49. The van der Waals surface area contributed by atoms with Gasteiger partial charge in [0.25, 0.3) is 0 Å². The van der Waals surface area contributed by atoms with E-state index in [2.05, 4.69) is 25.8 Å². The zero-order chi connectivity index (χ0) is 21.3. The quantitative estimate of drug-likeness (QED) is 0.210. The largest absolute Gasteiger partial charge is 0.463 e. The predicted octanol–water partition coefficient (Wildman–Crippen LogP) is 3.73. The van der Waals surface area contributed by atoms with Gasteiger partial charge in [0.2, 0.25) is 0 Å². The smallest absolute Gasteiger partial charge is 0.306 e. The maximum atomic E-state index is 11.7. The van der Waals surface area contributed by atoms with Crippen LogP contribution < -0.4 is 0 Å². The molecule has 0 bridgehead atoms. The van der Waals surface area contributed by atoms with Gasteiger partial charge in [0, 0.05) is 25.3 Å². The van der Waals surface area contributed by atoms with E-state index in [-0.39, 0.29) is 30.7 Å². The van der Waals surface area contributed by atoms with Crippen LogP contribution in [0, 0.1) is 0 Å². The van der Waals surface area contributed by atoms with Crippen molar-refractivity contribution in [3.8, 4) is 0 Å². The van der Waals surface area contributed by atoms with Gasteiger partial charge in [-0.05, 0) is 46.5 Å². The summed E-state index contributed by atoms with van der Waals surface area (Å²) in [7, 11) is 0. The second kappa shape index (κ2) is 16.5. The van der Waals surface area contributed by atoms with Crippen molar-refractivity contribution in [2.45, 2.75) is 78.7 Å². The Kier molecular flexibility index (Phi) is 15.6. The maximum absolute atomic E-state index is 11.7. The van der Waals surface area contributed by atoms with Gasteiger partial charge in [-0.1, -0.05) is 13.8 Å². The van der Waals surface area contributed by atoms with E-state index in [1.165, 1.54) is 0 Å². The van der Waals surface area contributed by atoms with E-state index < -0.39 is 0 Å². The molecule has 0 radical (unpaired) electrons. The first-order chi connectivity index (χ1) is 13.3. The van der Waals surface area contributed by atoms with E-state index >= 15 is 0 Å². The fourth-order valence-electron chi connectivity index (χ4n) is 2.18. The normalized spacial score (nSPS) is 12.1. The molecule has 28 heavy (non-hydrogen) atoms. The molecule has 0 aliphatic rings. The first-order valence-electron chi connectivity index (χ1n) is 10.3. The van der Waals surface area contributed by atoms with Gasteiger partial charge in [0.15, 0.2) is 0 Å². The number of carbonyl (C=O) groups excluding carboxylic acids is 2. The van der Waals surface area contributed by atoms with Crippen molar-refractivity contribution in [2.75, 3.05) is 39.6 Å². The first kappa shape index (κ1) is 26.5. The number of nitrogens with zero attached hydrogens (tertiary/aromatic N) is 1. The number of carbonyl (C=O) groups is 2. The fourth-order valence-corrected chi connectivity index (χ4v) is 2.18. The molecule has 0 rings (SSSR count). The monoisotopic (exact) mass is 401 g/mol. The minimum atomic E-state index is -0.228. The molecule has 7 nitrogen and oxygen atoms in total. The van der Waals surface area contributed by atoms with Crippen LogP contribution in [0.3, 0.4) is 0 Å². The van der Waals surface area contributed by atoms with Crippen LogP contribution in [0.15, 0.2) is 4.99 Å². The molecule has 0 heterocycles. The van der Waals surface area contributed by atoms with Gasteiger partial charge in [-0.15, -0.1) is 0 Å². The lowest BCUT2D eigenvalue weighted by Crippen LogP contribution is -2.18. The summed E-state index contributed by atoms with van der Waals surface area (Å²) >= 11 is 0. The highest BCUT2D eigenvalue weighted by molar-refractivity contribution is 5.85. The van der Waals surface area contributed by atoms with Crippen LogP contribution in [0.1, 0.15) is 73.1 Å². The molecule has 0 amide bonds. The van der Waals surface area contributed by atoms with Crippen molar-refractivity contribution < 1.29 is 28.5 Å². The average molecular weight is 402 g/mol. The van der Waals surface area contributed by atoms with Gasteiger partial charge in [-0.2, -0.15) is 0 Å². The summed E-state index contributed by atoms with van der Waals surface area (Å²) in [5, 5.41) is 0. The van der Waals surface area contributed by atoms with Crippen LogP contribution in [0.2, 0.25) is 0 Å². The molecule has 0 aliphatic heterocycles. The summed E-state index contributed by atoms with van der Waals surface area (Å²) in [6.45, 7) is 12.5. The maximum Gasteiger partial charge on any atom is 0.306 e. The third kappa shape index (κ3) is 16.7. The Morgan fingerprint density at radius 1 is 0.786 bits per heavy atom. The number of esters is 2. The molecule has 0 aromatic rings. The Hall–Kier alpha value is -1.47. The van der Waals surface area contributed by atoms with Crippen molar-refractivity contribution in [1.82, 2.24) is 0 Å². The highest BCUT2D eigenvalue weighted by Crippen LogP contribution is 2.14. The Morgan fingerprint density at radius 2 is 1.32 bits per heavy atom. The molecule has 0 aliphatic carbocycles. The summed E-state index contributed by atoms with van der Waals surface area (Å²) in [6.07, 6.45) is 3.89. The third-order valence-electron chi connectivity index (χ3n) is 4.06. The molecule has 0 aromatic carbocycles. The van der Waals surface area contributed by atoms with E-state index in [1.807, 2.05) is 13.8 Å². The van der Waals surface area contributed by atoms with E-state index in [1.54, 1.807) is 0 Å². The van der Waals surface area contributed by atoms with Crippen LogP contribution >= 0.6 is 0 Å². The average Bonchev–Trinajstić information content (AvgIpc) is 2.64. The van der Waals surface area contributed by atoms with E-state index in [9.17, 15) is 9.59 Å². The molecule has 0 unspecified atom stereocenters. The number of aliphatic imine (C=N–C) groups is 1. The van der Waals surface area contributed by atoms with Crippen molar-refractivity contribution in [1.29, 1.82) is 0 Å². The lowest BCUT2D eigenvalue weighted by Gasteiger charge is -2.18. The van der Waals surface area contributed by atoms with Gasteiger partial charge in [-0.3, -0.25) is 14.6 Å². The summed E-state index contributed by atoms with van der Waals surface area (Å²) in [5.74, 6) is -0.412. The van der Waals surface area contributed by atoms with Crippen molar-refractivity contribution in [3.05, 3.63) is 0 Å². The lowest BCUT2D eigenvalue weighted by atomic mass is 10.0. The molecule has 0 saturated heterocycles. The van der Waals surface area contributed by atoms with Gasteiger partial charge in [-0.25, -0.2) is 0 Å². The standard InChI is InChI=1S/C21H39NO6/c1-6-9-19(23)27-16-14-25-12-8-13-26-15-17-28-20(24)11-10-18(3)22-21(4,5)7-2/h6-17H2,1-5H3. The number of hydrogen-bond acceptors (Lipinski definition) is 7. The molecular formula is C21H39NO6. The molecule has 0 saturated carbocycles. The molecule has 164 valence electrons. The van der Waals surface area contributed by atoms with E-state index in [4.69, 9.17) is 18.9 Å². The molecule has 0 aromatic heterocycles. The summed E-state index contributed by atoms with van der Waals surface area (Å²) < 4.78 is 20.9. The van der Waals surface area contributed by atoms with Gasteiger partial charge in [0.1, 0.15) is 13.2 Å². The van der Waals surface area contributed by atoms with Gasteiger partial charge in [0.05, 0.1) is 25.2 Å². The summed E-state index contributed by atoms with van der Waals surface area (Å²) in [4.78, 5) is 27.5. The summed E-state index contributed by atoms with van der Waals surface area (Å²) in [6, 6.07) is 0. The highest BCUT2D eigenvalue weighted by Gasteiger charge is 2.13. The second-order valence-corrected chi connectivity index (χ2v) is 7.28. The Morgan fingerprint density at radius 3 is 1.82 bits per heavy atom. The molecule has 0 spiro atoms. The molecule has 0 N–H and O–H groups in total. The highest BCUT2D eigenvalue weighted by atomic mass is 16.6. The van der Waals surface area contributed by atoms with Crippen molar-refractivity contribution in [2.24, 2.45) is 4.99 Å². The van der Waals surface area contributed by atoms with Crippen molar-refractivity contribution in [3.63, 3.8) is 0 Å². The number of hydrogen-bond donors (Lipinski definition) is 0. The van der Waals surface area contributed by atoms with Crippen LogP contribution in [-0.4, -0.2) is 62.8 Å². The topological polar surface area (TPSA) is 83.4 Å². The second-order valence-electron chi connectivity index (χ2n) is 7.28. The van der Waals surface area contributed by atoms with Crippen LogP contribution in [-0.2, 0) is 28.5 Å². The van der Waals surface area contributed by atoms with Gasteiger partial charge < -0.3 is 18.9 Å². The SMILES string of the molecule is CCCC(=O)OCCOCCCOCCOC(=O)CCC(C)=NC(C)(C)CC. The number of ether oxygens (including phenoxy) is 4. The van der Waals surface area contributed by atoms with E-state index in [0.29, 0.717) is 45.7 Å². The van der Waals surface area contributed by atoms with Crippen LogP contribution in [0.5, 0.6) is 0 Å². The summed E-state index contributed by atoms with van der Waals surface area (Å²) in [5.41, 5.74) is 0.894. The predicted molar refractivity (Wildman–Crippen MR) is 110 cm³/mol. The van der Waals surface area contributed by atoms with Crippen LogP contribution in [0.4, 0.5) is 0 Å².